The number of thioether (sulfide) groups is 1. The van der Waals surface area contributed by atoms with Crippen LogP contribution in [0.2, 0.25) is 0 Å². The van der Waals surface area contributed by atoms with Crippen LogP contribution in [0.1, 0.15) is 14.9 Å². The number of rotatable bonds is 2. The second kappa shape index (κ2) is 9.82. The van der Waals surface area contributed by atoms with Gasteiger partial charge in [0.25, 0.3) is 0 Å². The summed E-state index contributed by atoms with van der Waals surface area (Å²) in [4.78, 5) is 0. The maximum atomic E-state index is 9.81. The van der Waals surface area contributed by atoms with E-state index in [1.807, 2.05) is 0 Å². The van der Waals surface area contributed by atoms with Gasteiger partial charge in [-0.15, -0.1) is 0 Å². The van der Waals surface area contributed by atoms with Crippen LogP contribution < -0.4 is 35.3 Å². The molecule has 0 bridgehead atoms. The van der Waals surface area contributed by atoms with E-state index in [-0.39, 0.29) is 49.6 Å². The van der Waals surface area contributed by atoms with Crippen LogP contribution in [0.25, 0.3) is 0 Å². The molecule has 0 heterocycles. The predicted molar refractivity (Wildman–Crippen MR) is 47.5 cm³/mol. The van der Waals surface area contributed by atoms with E-state index >= 15 is 0 Å². The van der Waals surface area contributed by atoms with E-state index in [0.29, 0.717) is 11.8 Å². The number of nitrogens with two attached hydrogens (primary N) is 1. The van der Waals surface area contributed by atoms with Crippen LogP contribution in [0, 0.1) is 5.41 Å². The Morgan fingerprint density at radius 1 is 1.50 bits per heavy atom. The van der Waals surface area contributed by atoms with Gasteiger partial charge in [0.2, 0.25) is 0 Å². The van der Waals surface area contributed by atoms with Crippen LogP contribution in [0.5, 0.6) is 0 Å². The quantitative estimate of drug-likeness (QED) is 0.231. The van der Waals surface area contributed by atoms with Gasteiger partial charge in [-0.05, 0) is 0 Å². The molecule has 0 radical (unpaired) electrons. The van der Waals surface area contributed by atoms with Gasteiger partial charge in [-0.2, -0.15) is 0 Å². The van der Waals surface area contributed by atoms with Crippen molar-refractivity contribution in [2.75, 3.05) is 5.08 Å². The van der Waals surface area contributed by atoms with E-state index < -0.39 is 15.2 Å². The maximum Gasteiger partial charge on any atom is 1.00 e. The van der Waals surface area contributed by atoms with Gasteiger partial charge in [-0.3, -0.25) is 5.41 Å². The summed E-state index contributed by atoms with van der Waals surface area (Å²) in [5, 5.41) is 5.48. The zero-order chi connectivity index (χ0) is 7.49. The molecule has 0 aromatic rings. The molecule has 0 fully saturated rings. The Labute approximate surface area is 100 Å². The molecular formula is C4H13N2NaO3S2. The summed E-state index contributed by atoms with van der Waals surface area (Å²) >= 11 is 0.499. The molecule has 0 rings (SSSR count). The van der Waals surface area contributed by atoms with Gasteiger partial charge in [-0.1, -0.05) is 26.6 Å². The summed E-state index contributed by atoms with van der Waals surface area (Å²) in [6, 6.07) is 0. The normalized spacial score (nSPS) is 8.42. The molecule has 0 spiro atoms. The maximum absolute atomic E-state index is 9.81. The Balaban J connectivity index is -0.000000107. The van der Waals surface area contributed by atoms with Gasteiger partial charge in [0.15, 0.2) is 5.17 Å². The van der Waals surface area contributed by atoms with Crippen LogP contribution in [0.4, 0.5) is 0 Å². The fourth-order valence-electron chi connectivity index (χ4n) is 0.136. The molecule has 0 aliphatic rings. The minimum absolute atomic E-state index is 0. The number of hydrogen-bond donors (Lipinski definition) is 2. The molecule has 70 valence electrons. The second-order valence-corrected chi connectivity index (χ2v) is 3.97. The monoisotopic (exact) mass is 224 g/mol. The van der Waals surface area contributed by atoms with Gasteiger partial charge < -0.3 is 10.3 Å². The van der Waals surface area contributed by atoms with Crippen LogP contribution in [-0.2, 0) is 10.1 Å². The standard InChI is InChI=1S/C2H6N2O3S2.2CH4.Na/c3-2(4)8-1-9(5,6)7;;;/h1H2,(H3,3,4)(H,5,6,7);2*1H4;/q;;;+1/p-1. The minimum atomic E-state index is -4.23. The fraction of sp³-hybridized carbons (Fsp3) is 0.750. The van der Waals surface area contributed by atoms with Crippen molar-refractivity contribution in [1.82, 2.24) is 0 Å². The molecule has 0 unspecified atom stereocenters. The molecule has 0 aliphatic carbocycles. The molecule has 0 atom stereocenters. The number of hydrogen-bond acceptors (Lipinski definition) is 5. The van der Waals surface area contributed by atoms with E-state index in [2.05, 4.69) is 0 Å². The Morgan fingerprint density at radius 3 is 1.92 bits per heavy atom. The number of amidine groups is 1. The predicted octanol–water partition coefficient (Wildman–Crippen LogP) is -2.61. The Kier molecular flexibility index (Phi) is 18.8. The van der Waals surface area contributed by atoms with Crippen molar-refractivity contribution in [2.24, 2.45) is 5.73 Å². The molecule has 8 heteroatoms. The summed E-state index contributed by atoms with van der Waals surface area (Å²) in [7, 11) is -4.23. The molecule has 3 N–H and O–H groups in total. The van der Waals surface area contributed by atoms with Gasteiger partial charge in [0.1, 0.15) is 10.1 Å². The van der Waals surface area contributed by atoms with E-state index in [1.54, 1.807) is 0 Å². The first-order chi connectivity index (χ1) is 3.92. The Hall–Kier alpha value is 0.730. The van der Waals surface area contributed by atoms with Crippen molar-refractivity contribution in [1.29, 1.82) is 5.41 Å². The van der Waals surface area contributed by atoms with Crippen molar-refractivity contribution >= 4 is 27.0 Å². The average molecular weight is 224 g/mol. The van der Waals surface area contributed by atoms with Crippen LogP contribution >= 0.6 is 11.8 Å². The molecule has 5 nitrogen and oxygen atoms in total. The zero-order valence-corrected chi connectivity index (χ0v) is 8.96. The van der Waals surface area contributed by atoms with Crippen molar-refractivity contribution in [3.8, 4) is 0 Å². The van der Waals surface area contributed by atoms with Gasteiger partial charge in [-0.25, -0.2) is 8.42 Å². The van der Waals surface area contributed by atoms with E-state index in [0.717, 1.165) is 0 Å². The molecule has 0 aliphatic heterocycles. The average Bonchev–Trinajstić information content (AvgIpc) is 1.59. The molecule has 0 saturated heterocycles. The topological polar surface area (TPSA) is 107 Å². The largest absolute Gasteiger partial charge is 1.00 e. The first-order valence-corrected chi connectivity index (χ1v) is 4.38. The van der Waals surface area contributed by atoms with Crippen molar-refractivity contribution in [3.63, 3.8) is 0 Å². The van der Waals surface area contributed by atoms with Crippen molar-refractivity contribution < 1.29 is 42.5 Å². The van der Waals surface area contributed by atoms with Crippen LogP contribution in [0.3, 0.4) is 0 Å². The molecular weight excluding hydrogens is 211 g/mol. The number of nitrogens with one attached hydrogen (secondary N) is 1. The Bertz CT molecular complexity index is 204. The van der Waals surface area contributed by atoms with E-state index in [1.165, 1.54) is 0 Å². The molecule has 0 saturated carbocycles. The van der Waals surface area contributed by atoms with Gasteiger partial charge in [0, 0.05) is 0 Å². The molecule has 0 aromatic carbocycles. The summed E-state index contributed by atoms with van der Waals surface area (Å²) in [6.45, 7) is 0. The molecule has 0 amide bonds. The summed E-state index contributed by atoms with van der Waals surface area (Å²) in [5.41, 5.74) is 4.74. The first kappa shape index (κ1) is 23.0. The first-order valence-electron chi connectivity index (χ1n) is 1.82. The van der Waals surface area contributed by atoms with Gasteiger partial charge >= 0.3 is 29.6 Å². The smallest absolute Gasteiger partial charge is 0.747 e. The van der Waals surface area contributed by atoms with E-state index in [9.17, 15) is 13.0 Å². The van der Waals surface area contributed by atoms with Crippen molar-refractivity contribution in [3.05, 3.63) is 0 Å². The van der Waals surface area contributed by atoms with Crippen LogP contribution in [0.15, 0.2) is 0 Å². The minimum Gasteiger partial charge on any atom is -0.747 e. The second-order valence-electron chi connectivity index (χ2n) is 1.18. The Morgan fingerprint density at radius 2 is 1.83 bits per heavy atom. The van der Waals surface area contributed by atoms with E-state index in [4.69, 9.17) is 11.1 Å². The fourth-order valence-corrected chi connectivity index (χ4v) is 1.22. The van der Waals surface area contributed by atoms with Crippen LogP contribution in [-0.4, -0.2) is 23.2 Å². The third-order valence-corrected chi connectivity index (χ3v) is 2.30. The summed E-state index contributed by atoms with van der Waals surface area (Å²) < 4.78 is 29.4. The van der Waals surface area contributed by atoms with Crippen molar-refractivity contribution in [2.45, 2.75) is 14.9 Å². The SMILES string of the molecule is C.C.N=C(N)SCS(=O)(=O)[O-].[Na+]. The summed E-state index contributed by atoms with van der Waals surface area (Å²) in [5.74, 6) is 0. The third-order valence-electron chi connectivity index (χ3n) is 0.359. The summed E-state index contributed by atoms with van der Waals surface area (Å²) in [6.07, 6.45) is 0. The third kappa shape index (κ3) is 22.4. The molecule has 12 heavy (non-hydrogen) atoms. The zero-order valence-electron chi connectivity index (χ0n) is 5.33. The molecule has 0 aromatic heterocycles. The van der Waals surface area contributed by atoms with Gasteiger partial charge in [0.05, 0.1) is 5.08 Å².